The molecule has 8 heteroatoms. The largest absolute Gasteiger partial charge is 0.495 e. The summed E-state index contributed by atoms with van der Waals surface area (Å²) in [7, 11) is 2.92. The molecule has 130 valence electrons. The fraction of sp³-hybridized carbons (Fsp3) is 0.176. The SMILES string of the molecule is COc1ccc(NC(=O)COc2c(Cl)cc(C#N)cc2OC)cc1Cl. The molecule has 0 aliphatic heterocycles. The Labute approximate surface area is 154 Å². The van der Waals surface area contributed by atoms with E-state index in [1.165, 1.54) is 26.4 Å². The summed E-state index contributed by atoms with van der Waals surface area (Å²) in [5.74, 6) is 0.546. The first-order chi connectivity index (χ1) is 12.0. The topological polar surface area (TPSA) is 80.6 Å². The van der Waals surface area contributed by atoms with E-state index in [9.17, 15) is 4.79 Å². The number of benzene rings is 2. The Morgan fingerprint density at radius 1 is 1.12 bits per heavy atom. The summed E-state index contributed by atoms with van der Waals surface area (Å²) in [5, 5.41) is 12.1. The van der Waals surface area contributed by atoms with Crippen LogP contribution in [-0.4, -0.2) is 26.7 Å². The van der Waals surface area contributed by atoms with Gasteiger partial charge < -0.3 is 19.5 Å². The van der Waals surface area contributed by atoms with Crippen LogP contribution in [0.1, 0.15) is 5.56 Å². The van der Waals surface area contributed by atoms with Crippen molar-refractivity contribution in [2.75, 3.05) is 26.1 Å². The maximum absolute atomic E-state index is 12.0. The predicted octanol–water partition coefficient (Wildman–Crippen LogP) is 3.90. The van der Waals surface area contributed by atoms with Crippen LogP contribution in [0.2, 0.25) is 10.0 Å². The summed E-state index contributed by atoms with van der Waals surface area (Å²) in [4.78, 5) is 12.0. The Kier molecular flexibility index (Phi) is 6.34. The molecule has 2 aromatic rings. The lowest BCUT2D eigenvalue weighted by Gasteiger charge is -2.13. The lowest BCUT2D eigenvalue weighted by atomic mass is 10.2. The number of hydrogen-bond donors (Lipinski definition) is 1. The van der Waals surface area contributed by atoms with Gasteiger partial charge >= 0.3 is 0 Å². The first-order valence-corrected chi connectivity index (χ1v) is 7.78. The zero-order valence-corrected chi connectivity index (χ0v) is 14.9. The molecule has 2 aromatic carbocycles. The number of anilines is 1. The van der Waals surface area contributed by atoms with Crippen LogP contribution >= 0.6 is 23.2 Å². The molecule has 0 aliphatic rings. The van der Waals surface area contributed by atoms with Crippen LogP contribution in [0.3, 0.4) is 0 Å². The second-order valence-electron chi connectivity index (χ2n) is 4.79. The molecule has 6 nitrogen and oxygen atoms in total. The van der Waals surface area contributed by atoms with E-state index in [4.69, 9.17) is 42.7 Å². The van der Waals surface area contributed by atoms with Gasteiger partial charge in [-0.25, -0.2) is 0 Å². The molecule has 0 bridgehead atoms. The van der Waals surface area contributed by atoms with Crippen molar-refractivity contribution in [2.24, 2.45) is 0 Å². The summed E-state index contributed by atoms with van der Waals surface area (Å²) >= 11 is 12.1. The second-order valence-corrected chi connectivity index (χ2v) is 5.60. The standard InChI is InChI=1S/C17H14Cl2N2O4/c1-23-14-4-3-11(7-12(14)18)21-16(22)9-25-17-13(19)5-10(8-20)6-15(17)24-2/h3-7H,9H2,1-2H3,(H,21,22). The van der Waals surface area contributed by atoms with Gasteiger partial charge in [0.1, 0.15) is 5.75 Å². The molecule has 0 fully saturated rings. The van der Waals surface area contributed by atoms with Gasteiger partial charge in [0.2, 0.25) is 0 Å². The van der Waals surface area contributed by atoms with Crippen LogP contribution in [0.5, 0.6) is 17.2 Å². The molecule has 0 unspecified atom stereocenters. The number of nitrogens with one attached hydrogen (secondary N) is 1. The van der Waals surface area contributed by atoms with E-state index in [0.29, 0.717) is 22.0 Å². The Bertz CT molecular complexity index is 834. The van der Waals surface area contributed by atoms with Crippen molar-refractivity contribution >= 4 is 34.8 Å². The summed E-state index contributed by atoms with van der Waals surface area (Å²) in [6, 6.07) is 9.72. The zero-order valence-electron chi connectivity index (χ0n) is 13.4. The van der Waals surface area contributed by atoms with Crippen LogP contribution in [0.15, 0.2) is 30.3 Å². The molecular weight excluding hydrogens is 367 g/mol. The molecule has 1 amide bonds. The maximum atomic E-state index is 12.0. The van der Waals surface area contributed by atoms with Gasteiger partial charge in [0.25, 0.3) is 5.91 Å². The van der Waals surface area contributed by atoms with E-state index < -0.39 is 5.91 Å². The van der Waals surface area contributed by atoms with E-state index in [1.54, 1.807) is 18.2 Å². The van der Waals surface area contributed by atoms with E-state index >= 15 is 0 Å². The number of amides is 1. The van der Waals surface area contributed by atoms with Crippen molar-refractivity contribution in [1.29, 1.82) is 5.26 Å². The molecule has 25 heavy (non-hydrogen) atoms. The van der Waals surface area contributed by atoms with Crippen molar-refractivity contribution in [1.82, 2.24) is 0 Å². The molecule has 0 radical (unpaired) electrons. The number of rotatable bonds is 6. The van der Waals surface area contributed by atoms with Gasteiger partial charge in [-0.1, -0.05) is 23.2 Å². The number of nitrogens with zero attached hydrogens (tertiary/aromatic N) is 1. The second kappa shape index (κ2) is 8.47. The number of ether oxygens (including phenoxy) is 3. The summed E-state index contributed by atoms with van der Waals surface area (Å²) in [6.07, 6.45) is 0. The fourth-order valence-electron chi connectivity index (χ4n) is 2.00. The predicted molar refractivity (Wildman–Crippen MR) is 94.8 cm³/mol. The molecule has 0 aromatic heterocycles. The average molecular weight is 381 g/mol. The number of hydrogen-bond acceptors (Lipinski definition) is 5. The van der Waals surface area contributed by atoms with Gasteiger partial charge in [-0.05, 0) is 24.3 Å². The van der Waals surface area contributed by atoms with Crippen molar-refractivity contribution < 1.29 is 19.0 Å². The van der Waals surface area contributed by atoms with Gasteiger partial charge in [0.05, 0.1) is 35.9 Å². The van der Waals surface area contributed by atoms with Crippen LogP contribution < -0.4 is 19.5 Å². The van der Waals surface area contributed by atoms with E-state index in [-0.39, 0.29) is 23.1 Å². The van der Waals surface area contributed by atoms with Gasteiger partial charge in [-0.15, -0.1) is 0 Å². The molecule has 2 rings (SSSR count). The third-order valence-corrected chi connectivity index (χ3v) is 3.72. The minimum Gasteiger partial charge on any atom is -0.495 e. The number of nitriles is 1. The van der Waals surface area contributed by atoms with Crippen molar-refractivity contribution in [3.05, 3.63) is 45.9 Å². The number of methoxy groups -OCH3 is 2. The van der Waals surface area contributed by atoms with Gasteiger partial charge in [0, 0.05) is 11.8 Å². The molecule has 0 saturated heterocycles. The highest BCUT2D eigenvalue weighted by Crippen LogP contribution is 2.36. The average Bonchev–Trinajstić information content (AvgIpc) is 2.60. The summed E-state index contributed by atoms with van der Waals surface area (Å²) < 4.78 is 15.6. The lowest BCUT2D eigenvalue weighted by Crippen LogP contribution is -2.20. The molecule has 0 heterocycles. The highest BCUT2D eigenvalue weighted by atomic mass is 35.5. The Balaban J connectivity index is 2.05. The minimum atomic E-state index is -0.413. The van der Waals surface area contributed by atoms with Crippen LogP contribution in [-0.2, 0) is 4.79 Å². The van der Waals surface area contributed by atoms with Crippen LogP contribution in [0.4, 0.5) is 5.69 Å². The van der Waals surface area contributed by atoms with Gasteiger partial charge in [-0.3, -0.25) is 4.79 Å². The maximum Gasteiger partial charge on any atom is 0.262 e. The fourth-order valence-corrected chi connectivity index (χ4v) is 2.53. The van der Waals surface area contributed by atoms with E-state index in [1.807, 2.05) is 6.07 Å². The van der Waals surface area contributed by atoms with Gasteiger partial charge in [-0.2, -0.15) is 5.26 Å². The highest BCUT2D eigenvalue weighted by Gasteiger charge is 2.14. The number of halogens is 2. The molecule has 1 N–H and O–H groups in total. The Hall–Kier alpha value is -2.62. The lowest BCUT2D eigenvalue weighted by molar-refractivity contribution is -0.118. The van der Waals surface area contributed by atoms with Crippen molar-refractivity contribution in [3.8, 4) is 23.3 Å². The summed E-state index contributed by atoms with van der Waals surface area (Å²) in [6.45, 7) is -0.300. The van der Waals surface area contributed by atoms with Gasteiger partial charge in [0.15, 0.2) is 18.1 Å². The van der Waals surface area contributed by atoms with E-state index in [0.717, 1.165) is 0 Å². The molecule has 0 aliphatic carbocycles. The van der Waals surface area contributed by atoms with Crippen molar-refractivity contribution in [2.45, 2.75) is 0 Å². The Morgan fingerprint density at radius 2 is 1.84 bits per heavy atom. The van der Waals surface area contributed by atoms with Crippen LogP contribution in [0, 0.1) is 11.3 Å². The Morgan fingerprint density at radius 3 is 2.44 bits per heavy atom. The molecule has 0 atom stereocenters. The van der Waals surface area contributed by atoms with Crippen LogP contribution in [0.25, 0.3) is 0 Å². The monoisotopic (exact) mass is 380 g/mol. The number of carbonyl (C=O) groups is 1. The molecule has 0 saturated carbocycles. The third kappa shape index (κ3) is 4.69. The number of carbonyl (C=O) groups excluding carboxylic acids is 1. The van der Waals surface area contributed by atoms with E-state index in [2.05, 4.69) is 5.32 Å². The first kappa shape index (κ1) is 18.7. The quantitative estimate of drug-likeness (QED) is 0.821. The third-order valence-electron chi connectivity index (χ3n) is 3.14. The zero-order chi connectivity index (χ0) is 18.4. The first-order valence-electron chi connectivity index (χ1n) is 7.02. The van der Waals surface area contributed by atoms with Crippen molar-refractivity contribution in [3.63, 3.8) is 0 Å². The normalized spacial score (nSPS) is 9.88. The summed E-state index contributed by atoms with van der Waals surface area (Å²) in [5.41, 5.74) is 0.823. The highest BCUT2D eigenvalue weighted by molar-refractivity contribution is 6.32. The molecule has 0 spiro atoms. The minimum absolute atomic E-state index is 0.177. The molecular formula is C17H14Cl2N2O4. The smallest absolute Gasteiger partial charge is 0.262 e.